The second-order valence-electron chi connectivity index (χ2n) is 7.42. The van der Waals surface area contributed by atoms with Gasteiger partial charge < -0.3 is 9.64 Å². The molecule has 8 heteroatoms. The number of aryl methyl sites for hydroxylation is 1. The summed E-state index contributed by atoms with van der Waals surface area (Å²) >= 11 is 0. The van der Waals surface area contributed by atoms with Crippen molar-refractivity contribution >= 4 is 23.6 Å². The zero-order valence-corrected chi connectivity index (χ0v) is 17.3. The molecule has 3 aromatic heterocycles. The predicted molar refractivity (Wildman–Crippen MR) is 122 cm³/mol. The molecule has 8 nitrogen and oxygen atoms in total. The highest BCUT2D eigenvalue weighted by Crippen LogP contribution is 2.24. The van der Waals surface area contributed by atoms with E-state index in [0.717, 1.165) is 41.5 Å². The van der Waals surface area contributed by atoms with Gasteiger partial charge in [0.05, 0.1) is 25.1 Å². The van der Waals surface area contributed by atoms with E-state index < -0.39 is 0 Å². The number of hydrogen-bond donors (Lipinski definition) is 1. The lowest BCUT2D eigenvalue weighted by molar-refractivity contribution is 0.122. The minimum Gasteiger partial charge on any atom is -0.378 e. The third-order valence-electron chi connectivity index (χ3n) is 5.12. The molecule has 0 saturated carbocycles. The van der Waals surface area contributed by atoms with Crippen LogP contribution in [-0.2, 0) is 4.74 Å². The summed E-state index contributed by atoms with van der Waals surface area (Å²) in [7, 11) is 0. The lowest BCUT2D eigenvalue weighted by Crippen LogP contribution is -2.38. The molecule has 0 bridgehead atoms. The van der Waals surface area contributed by atoms with Crippen molar-refractivity contribution in [2.24, 2.45) is 5.10 Å². The molecule has 1 fully saturated rings. The fourth-order valence-corrected chi connectivity index (χ4v) is 3.59. The average Bonchev–Trinajstić information content (AvgIpc) is 3.24. The van der Waals surface area contributed by atoms with Crippen LogP contribution in [0.1, 0.15) is 11.1 Å². The summed E-state index contributed by atoms with van der Waals surface area (Å²) in [5.74, 6) is 1.46. The van der Waals surface area contributed by atoms with E-state index in [4.69, 9.17) is 14.7 Å². The molecule has 0 atom stereocenters. The van der Waals surface area contributed by atoms with Crippen molar-refractivity contribution in [3.63, 3.8) is 0 Å². The van der Waals surface area contributed by atoms with E-state index in [2.05, 4.69) is 39.5 Å². The van der Waals surface area contributed by atoms with Gasteiger partial charge in [-0.2, -0.15) is 10.1 Å². The average molecular weight is 413 g/mol. The number of nitrogens with one attached hydrogen (secondary N) is 1. The highest BCUT2D eigenvalue weighted by atomic mass is 16.5. The number of hydrogen-bond acceptors (Lipinski definition) is 7. The highest BCUT2D eigenvalue weighted by molar-refractivity contribution is 5.80. The van der Waals surface area contributed by atoms with E-state index in [-0.39, 0.29) is 0 Å². The van der Waals surface area contributed by atoms with E-state index in [0.29, 0.717) is 19.0 Å². The zero-order valence-electron chi connectivity index (χ0n) is 17.3. The minimum absolute atomic E-state index is 0.640. The summed E-state index contributed by atoms with van der Waals surface area (Å²) in [6, 6.07) is 14.0. The number of morpholine rings is 1. The number of fused-ring (bicyclic) bond motifs is 1. The first-order chi connectivity index (χ1) is 15.3. The molecule has 31 heavy (non-hydrogen) atoms. The van der Waals surface area contributed by atoms with Crippen LogP contribution in [0.2, 0.25) is 0 Å². The van der Waals surface area contributed by atoms with Gasteiger partial charge in [0, 0.05) is 43.3 Å². The van der Waals surface area contributed by atoms with Crippen molar-refractivity contribution in [1.82, 2.24) is 19.4 Å². The molecule has 1 aliphatic rings. The third-order valence-corrected chi connectivity index (χ3v) is 5.12. The molecule has 1 saturated heterocycles. The number of benzene rings is 1. The van der Waals surface area contributed by atoms with Crippen molar-refractivity contribution in [2.75, 3.05) is 36.6 Å². The maximum Gasteiger partial charge on any atom is 0.213 e. The van der Waals surface area contributed by atoms with Crippen LogP contribution in [0, 0.1) is 6.92 Å². The predicted octanol–water partition coefficient (Wildman–Crippen LogP) is 3.38. The first-order valence-electron chi connectivity index (χ1n) is 10.3. The highest BCUT2D eigenvalue weighted by Gasteiger charge is 2.18. The van der Waals surface area contributed by atoms with Crippen LogP contribution in [0.25, 0.3) is 16.9 Å². The summed E-state index contributed by atoms with van der Waals surface area (Å²) < 4.78 is 7.54. The van der Waals surface area contributed by atoms with E-state index in [9.17, 15) is 0 Å². The molecule has 4 heterocycles. The van der Waals surface area contributed by atoms with Gasteiger partial charge in [-0.25, -0.2) is 4.98 Å². The van der Waals surface area contributed by atoms with Crippen LogP contribution in [0.3, 0.4) is 0 Å². The Morgan fingerprint density at radius 3 is 2.81 bits per heavy atom. The van der Waals surface area contributed by atoms with Gasteiger partial charge in [-0.15, -0.1) is 0 Å². The summed E-state index contributed by atoms with van der Waals surface area (Å²) in [6.07, 6.45) is 7.37. The summed E-state index contributed by atoms with van der Waals surface area (Å²) in [6.45, 7) is 4.97. The smallest absolute Gasteiger partial charge is 0.213 e. The van der Waals surface area contributed by atoms with Crippen LogP contribution in [0.4, 0.5) is 11.8 Å². The minimum atomic E-state index is 0.640. The number of anilines is 2. The standard InChI is InChI=1S/C23H23N7O/c1-17-4-2-5-18(12-17)14-25-28-21-13-22-26-20(19-6-3-7-24-15-19)16-30(22)23(27-21)29-8-10-31-11-9-29/h2-7,12-16,28H,8-11H2,1H3/b25-14+. The summed E-state index contributed by atoms with van der Waals surface area (Å²) in [4.78, 5) is 16.1. The number of aromatic nitrogens is 4. The number of rotatable bonds is 5. The lowest BCUT2D eigenvalue weighted by atomic mass is 10.2. The quantitative estimate of drug-likeness (QED) is 0.399. The molecule has 0 unspecified atom stereocenters. The maximum absolute atomic E-state index is 5.52. The molecule has 1 aliphatic heterocycles. The molecule has 0 radical (unpaired) electrons. The molecule has 1 aromatic carbocycles. The zero-order chi connectivity index (χ0) is 21.0. The Hall–Kier alpha value is -3.78. The van der Waals surface area contributed by atoms with Gasteiger partial charge in [0.1, 0.15) is 5.65 Å². The molecule has 156 valence electrons. The van der Waals surface area contributed by atoms with Crippen LogP contribution >= 0.6 is 0 Å². The van der Waals surface area contributed by atoms with Crippen molar-refractivity contribution < 1.29 is 4.74 Å². The van der Waals surface area contributed by atoms with Crippen molar-refractivity contribution in [3.05, 3.63) is 72.2 Å². The van der Waals surface area contributed by atoms with Gasteiger partial charge in [-0.05, 0) is 24.6 Å². The van der Waals surface area contributed by atoms with Crippen molar-refractivity contribution in [1.29, 1.82) is 0 Å². The van der Waals surface area contributed by atoms with Gasteiger partial charge in [-0.3, -0.25) is 14.8 Å². The largest absolute Gasteiger partial charge is 0.378 e. The number of ether oxygens (including phenoxy) is 1. The topological polar surface area (TPSA) is 79.9 Å². The third kappa shape index (κ3) is 4.24. The number of hydrazone groups is 1. The van der Waals surface area contributed by atoms with Gasteiger partial charge in [0.15, 0.2) is 5.82 Å². The Kier molecular flexibility index (Phi) is 5.28. The Labute approximate surface area is 180 Å². The van der Waals surface area contributed by atoms with Crippen LogP contribution in [0.15, 0.2) is 66.2 Å². The molecular weight excluding hydrogens is 390 g/mol. The van der Waals surface area contributed by atoms with Crippen LogP contribution < -0.4 is 10.3 Å². The fourth-order valence-electron chi connectivity index (χ4n) is 3.59. The molecule has 0 amide bonds. The van der Waals surface area contributed by atoms with Crippen molar-refractivity contribution in [2.45, 2.75) is 6.92 Å². The Morgan fingerprint density at radius 2 is 2.00 bits per heavy atom. The Bertz CT molecular complexity index is 1210. The second-order valence-corrected chi connectivity index (χ2v) is 7.42. The SMILES string of the molecule is Cc1cccc(/C=N/Nc2cc3nc(-c4cccnc4)cn3c(N3CCOCC3)n2)c1. The molecule has 4 aromatic rings. The van der Waals surface area contributed by atoms with Crippen LogP contribution in [0.5, 0.6) is 0 Å². The van der Waals surface area contributed by atoms with Gasteiger partial charge in [0.25, 0.3) is 0 Å². The first-order valence-corrected chi connectivity index (χ1v) is 10.3. The molecular formula is C23H23N7O. The van der Waals surface area contributed by atoms with Crippen molar-refractivity contribution in [3.8, 4) is 11.3 Å². The first kappa shape index (κ1) is 19.2. The van der Waals surface area contributed by atoms with E-state index in [1.165, 1.54) is 5.56 Å². The van der Waals surface area contributed by atoms with Gasteiger partial charge in [-0.1, -0.05) is 29.8 Å². The number of nitrogens with zero attached hydrogens (tertiary/aromatic N) is 6. The number of imidazole rings is 1. The lowest BCUT2D eigenvalue weighted by Gasteiger charge is -2.28. The monoisotopic (exact) mass is 413 g/mol. The number of pyridine rings is 1. The Balaban J connectivity index is 1.50. The van der Waals surface area contributed by atoms with E-state index in [1.807, 2.05) is 47.1 Å². The molecule has 0 spiro atoms. The van der Waals surface area contributed by atoms with Crippen LogP contribution in [-0.4, -0.2) is 51.9 Å². The van der Waals surface area contributed by atoms with Gasteiger partial charge in [0.2, 0.25) is 5.95 Å². The summed E-state index contributed by atoms with van der Waals surface area (Å²) in [5.41, 5.74) is 7.90. The normalized spacial score (nSPS) is 14.4. The van der Waals surface area contributed by atoms with E-state index >= 15 is 0 Å². The van der Waals surface area contributed by atoms with Gasteiger partial charge >= 0.3 is 0 Å². The molecule has 1 N–H and O–H groups in total. The second kappa shape index (κ2) is 8.53. The van der Waals surface area contributed by atoms with E-state index in [1.54, 1.807) is 12.4 Å². The Morgan fingerprint density at radius 1 is 1.10 bits per heavy atom. The maximum atomic E-state index is 5.52. The molecule has 5 rings (SSSR count). The summed E-state index contributed by atoms with van der Waals surface area (Å²) in [5, 5.41) is 4.38. The fraction of sp³-hybridized carbons (Fsp3) is 0.217. The molecule has 0 aliphatic carbocycles.